The lowest BCUT2D eigenvalue weighted by molar-refractivity contribution is -0.132. The standard InChI is InChI=1S/C17H25NO2/c1-11(2)17(6,14(5)19)18-16(20)13(4)15-10-8-7-9-12(15)3/h7-11,13H,1-6H3,(H,18,20). The van der Waals surface area contributed by atoms with Gasteiger partial charge in [-0.1, -0.05) is 38.1 Å². The summed E-state index contributed by atoms with van der Waals surface area (Å²) in [6.07, 6.45) is 0. The Bertz CT molecular complexity index is 507. The van der Waals surface area contributed by atoms with Crippen LogP contribution in [0.4, 0.5) is 0 Å². The van der Waals surface area contributed by atoms with Gasteiger partial charge in [-0.3, -0.25) is 9.59 Å². The first kappa shape index (κ1) is 16.4. The first-order chi connectivity index (χ1) is 9.20. The molecule has 1 aromatic rings. The van der Waals surface area contributed by atoms with Crippen LogP contribution in [-0.4, -0.2) is 17.2 Å². The highest BCUT2D eigenvalue weighted by molar-refractivity contribution is 5.93. The summed E-state index contributed by atoms with van der Waals surface area (Å²) in [5.74, 6) is -0.342. The van der Waals surface area contributed by atoms with Crippen LogP contribution in [-0.2, 0) is 9.59 Å². The van der Waals surface area contributed by atoms with Crippen molar-refractivity contribution in [3.63, 3.8) is 0 Å². The fourth-order valence-corrected chi connectivity index (χ4v) is 2.22. The smallest absolute Gasteiger partial charge is 0.228 e. The molecule has 0 aliphatic carbocycles. The fraction of sp³-hybridized carbons (Fsp3) is 0.529. The van der Waals surface area contributed by atoms with E-state index in [4.69, 9.17) is 0 Å². The second kappa shape index (κ2) is 6.21. The number of carbonyl (C=O) groups excluding carboxylic acids is 2. The molecule has 0 aromatic heterocycles. The normalized spacial score (nSPS) is 15.6. The first-order valence-electron chi connectivity index (χ1n) is 7.08. The molecular weight excluding hydrogens is 250 g/mol. The average Bonchev–Trinajstić information content (AvgIpc) is 2.37. The van der Waals surface area contributed by atoms with Gasteiger partial charge in [0.05, 0.1) is 11.5 Å². The molecule has 3 heteroatoms. The zero-order valence-electron chi connectivity index (χ0n) is 13.3. The molecule has 2 unspecified atom stereocenters. The van der Waals surface area contributed by atoms with Crippen LogP contribution in [0, 0.1) is 12.8 Å². The molecule has 0 aliphatic heterocycles. The van der Waals surface area contributed by atoms with E-state index in [-0.39, 0.29) is 23.5 Å². The van der Waals surface area contributed by atoms with Gasteiger partial charge < -0.3 is 5.32 Å². The van der Waals surface area contributed by atoms with Gasteiger partial charge >= 0.3 is 0 Å². The van der Waals surface area contributed by atoms with Crippen molar-refractivity contribution >= 4 is 11.7 Å². The summed E-state index contributed by atoms with van der Waals surface area (Å²) < 4.78 is 0. The van der Waals surface area contributed by atoms with Gasteiger partial charge in [0.25, 0.3) is 0 Å². The number of carbonyl (C=O) groups is 2. The molecule has 1 N–H and O–H groups in total. The van der Waals surface area contributed by atoms with Crippen molar-refractivity contribution in [1.82, 2.24) is 5.32 Å². The second-order valence-corrected chi connectivity index (χ2v) is 5.98. The van der Waals surface area contributed by atoms with Gasteiger partial charge in [0.1, 0.15) is 0 Å². The Morgan fingerprint density at radius 3 is 2.15 bits per heavy atom. The van der Waals surface area contributed by atoms with Crippen LogP contribution in [0.1, 0.15) is 51.7 Å². The summed E-state index contributed by atoms with van der Waals surface area (Å²) in [4.78, 5) is 24.3. The van der Waals surface area contributed by atoms with E-state index < -0.39 is 5.54 Å². The molecule has 0 aliphatic rings. The van der Waals surface area contributed by atoms with Gasteiger partial charge in [0.15, 0.2) is 5.78 Å². The van der Waals surface area contributed by atoms with Crippen molar-refractivity contribution < 1.29 is 9.59 Å². The average molecular weight is 275 g/mol. The summed E-state index contributed by atoms with van der Waals surface area (Å²) >= 11 is 0. The van der Waals surface area contributed by atoms with E-state index in [1.807, 2.05) is 52.0 Å². The molecule has 3 nitrogen and oxygen atoms in total. The van der Waals surface area contributed by atoms with Crippen LogP contribution >= 0.6 is 0 Å². The van der Waals surface area contributed by atoms with Crippen molar-refractivity contribution in [1.29, 1.82) is 0 Å². The van der Waals surface area contributed by atoms with Crippen LogP contribution in [0.15, 0.2) is 24.3 Å². The molecule has 2 atom stereocenters. The maximum Gasteiger partial charge on any atom is 0.228 e. The predicted octanol–water partition coefficient (Wildman–Crippen LogP) is 3.22. The molecule has 0 saturated carbocycles. The minimum atomic E-state index is -0.811. The van der Waals surface area contributed by atoms with Crippen LogP contribution in [0.5, 0.6) is 0 Å². The molecule has 1 rings (SSSR count). The minimum Gasteiger partial charge on any atom is -0.343 e. The van der Waals surface area contributed by atoms with Crippen molar-refractivity contribution in [3.05, 3.63) is 35.4 Å². The van der Waals surface area contributed by atoms with E-state index in [2.05, 4.69) is 5.32 Å². The molecule has 0 bridgehead atoms. The van der Waals surface area contributed by atoms with Crippen molar-refractivity contribution in [2.75, 3.05) is 0 Å². The second-order valence-electron chi connectivity index (χ2n) is 5.98. The fourth-order valence-electron chi connectivity index (χ4n) is 2.22. The zero-order chi connectivity index (χ0) is 15.5. The van der Waals surface area contributed by atoms with Crippen molar-refractivity contribution in [2.24, 2.45) is 5.92 Å². The summed E-state index contributed by atoms with van der Waals surface area (Å²) in [5, 5.41) is 2.93. The molecule has 0 radical (unpaired) electrons. The van der Waals surface area contributed by atoms with E-state index in [0.29, 0.717) is 0 Å². The quantitative estimate of drug-likeness (QED) is 0.897. The number of rotatable bonds is 5. The summed E-state index contributed by atoms with van der Waals surface area (Å²) in [6, 6.07) is 7.84. The number of benzene rings is 1. The lowest BCUT2D eigenvalue weighted by Gasteiger charge is -2.33. The van der Waals surface area contributed by atoms with E-state index in [1.165, 1.54) is 6.92 Å². The number of amides is 1. The molecule has 110 valence electrons. The Hall–Kier alpha value is -1.64. The van der Waals surface area contributed by atoms with Gasteiger partial charge in [0.2, 0.25) is 5.91 Å². The molecule has 1 aromatic carbocycles. The van der Waals surface area contributed by atoms with E-state index >= 15 is 0 Å². The minimum absolute atomic E-state index is 0.0159. The number of hydrogen-bond acceptors (Lipinski definition) is 2. The van der Waals surface area contributed by atoms with Gasteiger partial charge in [-0.25, -0.2) is 0 Å². The highest BCUT2D eigenvalue weighted by Gasteiger charge is 2.36. The van der Waals surface area contributed by atoms with E-state index in [1.54, 1.807) is 6.92 Å². The van der Waals surface area contributed by atoms with Crippen molar-refractivity contribution in [3.8, 4) is 0 Å². The Morgan fingerprint density at radius 1 is 1.15 bits per heavy atom. The molecule has 0 spiro atoms. The van der Waals surface area contributed by atoms with Crippen LogP contribution in [0.25, 0.3) is 0 Å². The van der Waals surface area contributed by atoms with Crippen LogP contribution in [0.2, 0.25) is 0 Å². The van der Waals surface area contributed by atoms with Gasteiger partial charge in [-0.15, -0.1) is 0 Å². The Labute approximate surface area is 121 Å². The maximum atomic E-state index is 12.5. The Kier molecular flexibility index (Phi) is 5.09. The van der Waals surface area contributed by atoms with E-state index in [9.17, 15) is 9.59 Å². The lowest BCUT2D eigenvalue weighted by Crippen LogP contribution is -2.55. The number of aryl methyl sites for hydroxylation is 1. The first-order valence-corrected chi connectivity index (χ1v) is 7.08. The highest BCUT2D eigenvalue weighted by Crippen LogP contribution is 2.23. The molecule has 1 amide bonds. The van der Waals surface area contributed by atoms with E-state index in [0.717, 1.165) is 11.1 Å². The third-order valence-electron chi connectivity index (χ3n) is 4.32. The third-order valence-corrected chi connectivity index (χ3v) is 4.32. The van der Waals surface area contributed by atoms with Crippen LogP contribution < -0.4 is 5.32 Å². The van der Waals surface area contributed by atoms with Crippen LogP contribution in [0.3, 0.4) is 0 Å². The maximum absolute atomic E-state index is 12.5. The van der Waals surface area contributed by atoms with Gasteiger partial charge in [-0.2, -0.15) is 0 Å². The van der Waals surface area contributed by atoms with Gasteiger partial charge in [0, 0.05) is 0 Å². The molecule has 0 fully saturated rings. The number of nitrogens with one attached hydrogen (secondary N) is 1. The Morgan fingerprint density at radius 2 is 1.70 bits per heavy atom. The third kappa shape index (κ3) is 3.27. The zero-order valence-corrected chi connectivity index (χ0v) is 13.3. The monoisotopic (exact) mass is 275 g/mol. The molecule has 20 heavy (non-hydrogen) atoms. The van der Waals surface area contributed by atoms with Crippen molar-refractivity contribution in [2.45, 2.75) is 53.0 Å². The topological polar surface area (TPSA) is 46.2 Å². The summed E-state index contributed by atoms with van der Waals surface area (Å²) in [5.41, 5.74) is 1.28. The summed E-state index contributed by atoms with van der Waals surface area (Å²) in [7, 11) is 0. The highest BCUT2D eigenvalue weighted by atomic mass is 16.2. The molecule has 0 saturated heterocycles. The number of hydrogen-bond donors (Lipinski definition) is 1. The number of ketones is 1. The van der Waals surface area contributed by atoms with Gasteiger partial charge in [-0.05, 0) is 44.7 Å². The largest absolute Gasteiger partial charge is 0.343 e. The SMILES string of the molecule is CC(=O)C(C)(NC(=O)C(C)c1ccccc1C)C(C)C. The molecule has 0 heterocycles. The summed E-state index contributed by atoms with van der Waals surface area (Å²) in [6.45, 7) is 11.1. The predicted molar refractivity (Wildman–Crippen MR) is 81.7 cm³/mol. The Balaban J connectivity index is 2.96. The lowest BCUT2D eigenvalue weighted by atomic mass is 9.84. The number of Topliss-reactive ketones (excluding diaryl/α,β-unsaturated/α-hetero) is 1. The molecular formula is C17H25NO2.